The minimum atomic E-state index is -0.593. The van der Waals surface area contributed by atoms with Crippen LogP contribution in [0.2, 0.25) is 0 Å². The standard InChI is InChI=1S/C12H9N4O4/c1-20-7-4-9-8(11(17)6-15-13)2-3-14-12(9)10(5-7)16(18)19/h2-6,13H,1H3/q+1. The number of hydrogen-bond acceptors (Lipinski definition) is 6. The number of Topliss-reactive ketones (excluding diaryl/α,β-unsaturated/α-hetero) is 1. The van der Waals surface area contributed by atoms with Crippen LogP contribution in [-0.2, 0) is 0 Å². The summed E-state index contributed by atoms with van der Waals surface area (Å²) in [6.45, 7) is 0. The molecule has 0 unspecified atom stereocenters. The van der Waals surface area contributed by atoms with Crippen molar-refractivity contribution in [2.45, 2.75) is 0 Å². The van der Waals surface area contributed by atoms with Crippen LogP contribution >= 0.6 is 0 Å². The molecule has 1 N–H and O–H groups in total. The monoisotopic (exact) mass is 273 g/mol. The first-order chi connectivity index (χ1) is 9.58. The summed E-state index contributed by atoms with van der Waals surface area (Å²) in [7, 11) is 1.37. The van der Waals surface area contributed by atoms with Gasteiger partial charge in [0.2, 0.25) is 0 Å². The number of carbonyl (C=O) groups is 1. The highest BCUT2D eigenvalue weighted by molar-refractivity contribution is 6.36. The molecule has 0 fully saturated rings. The molecule has 1 heterocycles. The number of methoxy groups -OCH3 is 1. The van der Waals surface area contributed by atoms with Gasteiger partial charge >= 0.3 is 6.21 Å². The van der Waals surface area contributed by atoms with E-state index in [4.69, 9.17) is 10.3 Å². The Bertz CT molecular complexity index is 765. The number of ether oxygens (including phenoxy) is 1. The van der Waals surface area contributed by atoms with Crippen molar-refractivity contribution in [2.75, 3.05) is 7.11 Å². The topological polar surface area (TPSA) is 120 Å². The number of ketones is 1. The average molecular weight is 273 g/mol. The fourth-order valence-corrected chi connectivity index (χ4v) is 1.81. The van der Waals surface area contributed by atoms with Crippen molar-refractivity contribution in [3.63, 3.8) is 0 Å². The van der Waals surface area contributed by atoms with Gasteiger partial charge in [-0.15, -0.1) is 0 Å². The van der Waals surface area contributed by atoms with Crippen LogP contribution in [-0.4, -0.2) is 33.8 Å². The number of rotatable bonds is 4. The Morgan fingerprint density at radius 2 is 2.30 bits per heavy atom. The van der Waals surface area contributed by atoms with E-state index in [0.717, 1.165) is 6.21 Å². The summed E-state index contributed by atoms with van der Waals surface area (Å²) in [6.07, 6.45) is 2.12. The number of nitrogens with one attached hydrogen (secondary N) is 1. The van der Waals surface area contributed by atoms with Crippen molar-refractivity contribution in [2.24, 2.45) is 0 Å². The lowest BCUT2D eigenvalue weighted by molar-refractivity contribution is -0.383. The largest absolute Gasteiger partial charge is 0.496 e. The van der Waals surface area contributed by atoms with Gasteiger partial charge in [-0.05, 0) is 12.1 Å². The Morgan fingerprint density at radius 3 is 2.90 bits per heavy atom. The number of nitrogens with zero attached hydrogens (tertiary/aromatic N) is 3. The number of fused-ring (bicyclic) bond motifs is 1. The van der Waals surface area contributed by atoms with Gasteiger partial charge in [-0.3, -0.25) is 14.9 Å². The quantitative estimate of drug-likeness (QED) is 0.227. The van der Waals surface area contributed by atoms with E-state index in [1.165, 1.54) is 31.5 Å². The van der Waals surface area contributed by atoms with Crippen LogP contribution in [0.5, 0.6) is 5.75 Å². The van der Waals surface area contributed by atoms with Crippen molar-refractivity contribution in [3.8, 4) is 5.75 Å². The summed E-state index contributed by atoms with van der Waals surface area (Å²) in [5, 5.41) is 11.3. The van der Waals surface area contributed by atoms with Crippen LogP contribution in [0.15, 0.2) is 24.4 Å². The second kappa shape index (κ2) is 5.25. The molecule has 0 bridgehead atoms. The number of carbonyl (C=O) groups excluding carboxylic acids is 1. The maximum absolute atomic E-state index is 11.8. The molecule has 0 aliphatic heterocycles. The zero-order valence-corrected chi connectivity index (χ0v) is 10.4. The second-order valence-electron chi connectivity index (χ2n) is 3.78. The Labute approximate surface area is 112 Å². The molecule has 0 saturated heterocycles. The molecule has 2 rings (SSSR count). The van der Waals surface area contributed by atoms with Gasteiger partial charge in [0.25, 0.3) is 11.5 Å². The minimum Gasteiger partial charge on any atom is -0.496 e. The third kappa shape index (κ3) is 2.23. The van der Waals surface area contributed by atoms with Gasteiger partial charge in [0.1, 0.15) is 11.3 Å². The number of hydrogen-bond donors (Lipinski definition) is 1. The van der Waals surface area contributed by atoms with Gasteiger partial charge in [0.15, 0.2) is 0 Å². The summed E-state index contributed by atoms with van der Waals surface area (Å²) in [6, 6.07) is 4.14. The Morgan fingerprint density at radius 1 is 1.55 bits per heavy atom. The first-order valence-corrected chi connectivity index (χ1v) is 5.43. The number of non-ortho nitro benzene ring substituents is 1. The van der Waals surface area contributed by atoms with Gasteiger partial charge in [-0.25, -0.2) is 4.98 Å². The highest BCUT2D eigenvalue weighted by atomic mass is 16.6. The molecule has 2 aromatic rings. The van der Waals surface area contributed by atoms with Crippen molar-refractivity contribution in [1.29, 1.82) is 5.53 Å². The van der Waals surface area contributed by atoms with Gasteiger partial charge < -0.3 is 4.74 Å². The van der Waals surface area contributed by atoms with Crippen LogP contribution < -0.4 is 4.74 Å². The lowest BCUT2D eigenvalue weighted by Gasteiger charge is -2.05. The third-order valence-corrected chi connectivity index (χ3v) is 2.68. The number of nitro groups is 1. The third-order valence-electron chi connectivity index (χ3n) is 2.68. The normalized spacial score (nSPS) is 9.85. The fourth-order valence-electron chi connectivity index (χ4n) is 1.81. The van der Waals surface area contributed by atoms with Crippen LogP contribution in [0.3, 0.4) is 0 Å². The summed E-state index contributed by atoms with van der Waals surface area (Å²) in [5.41, 5.74) is 6.68. The molecule has 8 heteroatoms. The van der Waals surface area contributed by atoms with E-state index in [9.17, 15) is 14.9 Å². The van der Waals surface area contributed by atoms with E-state index in [2.05, 4.69) is 9.77 Å². The lowest BCUT2D eigenvalue weighted by atomic mass is 10.0. The van der Waals surface area contributed by atoms with Crippen LogP contribution in [0.4, 0.5) is 5.69 Å². The Balaban J connectivity index is 2.86. The van der Waals surface area contributed by atoms with Crippen molar-refractivity contribution >= 4 is 28.6 Å². The van der Waals surface area contributed by atoms with Crippen molar-refractivity contribution in [1.82, 2.24) is 4.98 Å². The van der Waals surface area contributed by atoms with Crippen LogP contribution in [0, 0.1) is 15.6 Å². The predicted molar refractivity (Wildman–Crippen MR) is 68.3 cm³/mol. The molecule has 0 amide bonds. The smallest absolute Gasteiger partial charge is 0.377 e. The Hall–Kier alpha value is -3.12. The molecule has 1 aromatic carbocycles. The minimum absolute atomic E-state index is 0.0834. The number of benzene rings is 1. The van der Waals surface area contributed by atoms with Crippen LogP contribution in [0.25, 0.3) is 10.9 Å². The zero-order chi connectivity index (χ0) is 14.7. The summed E-state index contributed by atoms with van der Waals surface area (Å²) < 4.78 is 4.99. The number of aromatic nitrogens is 1. The number of pyridine rings is 1. The highest BCUT2D eigenvalue weighted by Crippen LogP contribution is 2.31. The number of nitro benzene ring substituents is 1. The van der Waals surface area contributed by atoms with Gasteiger partial charge in [-0.2, -0.15) is 0 Å². The Kier molecular flexibility index (Phi) is 3.49. The van der Waals surface area contributed by atoms with Gasteiger partial charge in [0, 0.05) is 17.1 Å². The second-order valence-corrected chi connectivity index (χ2v) is 3.78. The van der Waals surface area contributed by atoms with E-state index < -0.39 is 10.7 Å². The maximum atomic E-state index is 11.8. The van der Waals surface area contributed by atoms with Gasteiger partial charge in [-0.1, -0.05) is 0 Å². The van der Waals surface area contributed by atoms with Crippen molar-refractivity contribution < 1.29 is 19.2 Å². The van der Waals surface area contributed by atoms with Crippen LogP contribution in [0.1, 0.15) is 10.4 Å². The molecule has 0 radical (unpaired) electrons. The molecule has 100 valence electrons. The van der Waals surface area contributed by atoms with E-state index >= 15 is 0 Å². The molecule has 1 aromatic heterocycles. The zero-order valence-electron chi connectivity index (χ0n) is 10.4. The predicted octanol–water partition coefficient (Wildman–Crippen LogP) is 1.64. The first kappa shape index (κ1) is 13.3. The molecule has 0 saturated carbocycles. The molecular weight excluding hydrogens is 264 g/mol. The fraction of sp³-hybridized carbons (Fsp3) is 0.0833. The van der Waals surface area contributed by atoms with Gasteiger partial charge in [0.05, 0.1) is 28.4 Å². The van der Waals surface area contributed by atoms with E-state index in [-0.39, 0.29) is 27.9 Å². The average Bonchev–Trinajstić information content (AvgIpc) is 2.45. The first-order valence-electron chi connectivity index (χ1n) is 5.43. The highest BCUT2D eigenvalue weighted by Gasteiger charge is 2.21. The van der Waals surface area contributed by atoms with E-state index in [1.54, 1.807) is 0 Å². The molecule has 20 heavy (non-hydrogen) atoms. The molecule has 8 nitrogen and oxygen atoms in total. The molecule has 0 spiro atoms. The van der Waals surface area contributed by atoms with Crippen molar-refractivity contribution in [3.05, 3.63) is 40.1 Å². The molecule has 0 aliphatic carbocycles. The summed E-state index contributed by atoms with van der Waals surface area (Å²) in [5.74, 6) is -0.288. The molecular formula is C12H9N4O4+. The lowest BCUT2D eigenvalue weighted by Crippen LogP contribution is -2.04. The maximum Gasteiger partial charge on any atom is 0.377 e. The van der Waals surface area contributed by atoms with E-state index in [1.807, 2.05) is 0 Å². The SMILES string of the molecule is COc1cc([N+](=O)[O-])c2nccc(C(=O)C=[N+]=N)c2c1. The summed E-state index contributed by atoms with van der Waals surface area (Å²) in [4.78, 5) is 29.1. The molecule has 0 aliphatic rings. The molecule has 0 atom stereocenters. The van der Waals surface area contributed by atoms with E-state index in [0.29, 0.717) is 0 Å². The summed E-state index contributed by atoms with van der Waals surface area (Å²) >= 11 is 0.